The number of hydrogen-bond acceptors (Lipinski definition) is 4. The van der Waals surface area contributed by atoms with E-state index in [1.165, 1.54) is 13.4 Å². The third-order valence-corrected chi connectivity index (χ3v) is 1.30. The van der Waals surface area contributed by atoms with Gasteiger partial charge in [0.2, 0.25) is 12.6 Å². The second kappa shape index (κ2) is 3.80. The summed E-state index contributed by atoms with van der Waals surface area (Å²) in [4.78, 5) is 11.0. The smallest absolute Gasteiger partial charge is 0.373 e. The maximum atomic E-state index is 11.0. The lowest BCUT2D eigenvalue weighted by Crippen LogP contribution is -2.08. The van der Waals surface area contributed by atoms with Crippen LogP contribution in [0.2, 0.25) is 0 Å². The molecule has 0 bridgehead atoms. The highest BCUT2D eigenvalue weighted by Gasteiger charge is 2.12. The van der Waals surface area contributed by atoms with Gasteiger partial charge in [-0.05, 0) is 18.6 Å². The Morgan fingerprint density at radius 2 is 2.42 bits per heavy atom. The second-order valence-corrected chi connectivity index (χ2v) is 2.29. The number of methoxy groups -OCH3 is 1. The Kier molecular flexibility index (Phi) is 2.74. The number of carbonyl (C=O) groups is 1. The van der Waals surface area contributed by atoms with Crippen LogP contribution in [0.1, 0.15) is 6.92 Å². The molecule has 0 aromatic rings. The molecule has 12 heavy (non-hydrogen) atoms. The molecule has 0 saturated carbocycles. The minimum absolute atomic E-state index is 0.0400. The molecule has 0 N–H and O–H groups in total. The fraction of sp³-hybridized carbons (Fsp3) is 0.375. The van der Waals surface area contributed by atoms with E-state index >= 15 is 0 Å². The Morgan fingerprint density at radius 3 is 3.08 bits per heavy atom. The van der Waals surface area contributed by atoms with Gasteiger partial charge in [-0.1, -0.05) is 0 Å². The topological polar surface area (TPSA) is 44.8 Å². The molecule has 1 aliphatic rings. The highest BCUT2D eigenvalue weighted by Crippen LogP contribution is 2.09. The van der Waals surface area contributed by atoms with E-state index in [9.17, 15) is 4.79 Å². The van der Waals surface area contributed by atoms with Gasteiger partial charge in [0.25, 0.3) is 0 Å². The van der Waals surface area contributed by atoms with Crippen LogP contribution in [-0.2, 0) is 19.0 Å². The van der Waals surface area contributed by atoms with Crippen molar-refractivity contribution >= 4 is 5.97 Å². The van der Waals surface area contributed by atoms with Crippen molar-refractivity contribution in [1.29, 1.82) is 0 Å². The van der Waals surface area contributed by atoms with Gasteiger partial charge in [0.1, 0.15) is 0 Å². The molecule has 0 amide bonds. The van der Waals surface area contributed by atoms with Gasteiger partial charge in [-0.3, -0.25) is 0 Å². The van der Waals surface area contributed by atoms with Crippen molar-refractivity contribution in [3.8, 4) is 0 Å². The molecule has 66 valence electrons. The van der Waals surface area contributed by atoms with E-state index in [0.29, 0.717) is 0 Å². The SMILES string of the molecule is COC(=O)C1=CC(C)=COCO1. The highest BCUT2D eigenvalue weighted by atomic mass is 16.7. The van der Waals surface area contributed by atoms with Crippen LogP contribution in [0.25, 0.3) is 0 Å². The molecule has 1 aliphatic heterocycles. The molecule has 0 saturated heterocycles. The molecule has 0 unspecified atom stereocenters. The minimum atomic E-state index is -0.492. The van der Waals surface area contributed by atoms with Gasteiger partial charge in [-0.25, -0.2) is 4.79 Å². The quantitative estimate of drug-likeness (QED) is 0.549. The summed E-state index contributed by atoms with van der Waals surface area (Å²) in [6, 6.07) is 0. The van der Waals surface area contributed by atoms with Crippen LogP contribution in [0.5, 0.6) is 0 Å². The summed E-state index contributed by atoms with van der Waals surface area (Å²) in [6.45, 7) is 1.84. The summed E-state index contributed by atoms with van der Waals surface area (Å²) in [5.41, 5.74) is 0.813. The number of ether oxygens (including phenoxy) is 3. The fourth-order valence-corrected chi connectivity index (χ4v) is 0.764. The van der Waals surface area contributed by atoms with Gasteiger partial charge >= 0.3 is 5.97 Å². The van der Waals surface area contributed by atoms with Crippen LogP contribution in [0.4, 0.5) is 0 Å². The van der Waals surface area contributed by atoms with Crippen molar-refractivity contribution in [1.82, 2.24) is 0 Å². The molecular weight excluding hydrogens is 160 g/mol. The van der Waals surface area contributed by atoms with Crippen LogP contribution >= 0.6 is 0 Å². The van der Waals surface area contributed by atoms with Crippen molar-refractivity contribution in [2.45, 2.75) is 6.92 Å². The summed E-state index contributed by atoms with van der Waals surface area (Å²) in [5, 5.41) is 0. The number of esters is 1. The summed E-state index contributed by atoms with van der Waals surface area (Å²) in [5.74, 6) is -0.322. The van der Waals surface area contributed by atoms with E-state index in [0.717, 1.165) is 5.57 Å². The Hall–Kier alpha value is -1.45. The van der Waals surface area contributed by atoms with E-state index in [-0.39, 0.29) is 12.6 Å². The minimum Gasteiger partial charge on any atom is -0.465 e. The van der Waals surface area contributed by atoms with Crippen LogP contribution in [0.3, 0.4) is 0 Å². The summed E-state index contributed by atoms with van der Waals surface area (Å²) in [7, 11) is 1.30. The number of rotatable bonds is 1. The Balaban J connectivity index is 2.76. The Morgan fingerprint density at radius 1 is 1.67 bits per heavy atom. The molecule has 0 spiro atoms. The molecule has 1 heterocycles. The average Bonchev–Trinajstić information content (AvgIpc) is 2.28. The largest absolute Gasteiger partial charge is 0.465 e. The first-order valence-electron chi connectivity index (χ1n) is 3.45. The van der Waals surface area contributed by atoms with Gasteiger partial charge in [0, 0.05) is 0 Å². The Bertz CT molecular complexity index is 239. The molecule has 0 aliphatic carbocycles. The fourth-order valence-electron chi connectivity index (χ4n) is 0.764. The van der Waals surface area contributed by atoms with E-state index in [1.807, 2.05) is 0 Å². The average molecular weight is 170 g/mol. The molecular formula is C8H10O4. The lowest BCUT2D eigenvalue weighted by atomic mass is 10.3. The number of hydrogen-bond donors (Lipinski definition) is 0. The first-order chi connectivity index (χ1) is 5.74. The molecule has 1 rings (SSSR count). The van der Waals surface area contributed by atoms with Crippen molar-refractivity contribution in [3.05, 3.63) is 23.7 Å². The Labute approximate surface area is 70.4 Å². The van der Waals surface area contributed by atoms with Gasteiger partial charge in [0.05, 0.1) is 13.4 Å². The molecule has 0 radical (unpaired) electrons. The maximum Gasteiger partial charge on any atom is 0.373 e. The third-order valence-electron chi connectivity index (χ3n) is 1.30. The lowest BCUT2D eigenvalue weighted by Gasteiger charge is -2.04. The lowest BCUT2D eigenvalue weighted by molar-refractivity contribution is -0.141. The molecule has 4 nitrogen and oxygen atoms in total. The molecule has 0 aromatic carbocycles. The van der Waals surface area contributed by atoms with Crippen molar-refractivity contribution in [2.24, 2.45) is 0 Å². The maximum absolute atomic E-state index is 11.0. The van der Waals surface area contributed by atoms with E-state index < -0.39 is 5.97 Å². The van der Waals surface area contributed by atoms with Crippen molar-refractivity contribution in [2.75, 3.05) is 13.9 Å². The zero-order valence-corrected chi connectivity index (χ0v) is 6.99. The van der Waals surface area contributed by atoms with E-state index in [4.69, 9.17) is 9.47 Å². The van der Waals surface area contributed by atoms with E-state index in [1.54, 1.807) is 13.0 Å². The highest BCUT2D eigenvalue weighted by molar-refractivity contribution is 5.86. The monoisotopic (exact) mass is 170 g/mol. The van der Waals surface area contributed by atoms with Gasteiger partial charge < -0.3 is 14.2 Å². The second-order valence-electron chi connectivity index (χ2n) is 2.29. The predicted octanol–water partition coefficient (Wildman–Crippen LogP) is 0.951. The normalized spacial score (nSPS) is 16.2. The summed E-state index contributed by atoms with van der Waals surface area (Å²) >= 11 is 0. The third kappa shape index (κ3) is 2.02. The van der Waals surface area contributed by atoms with Gasteiger partial charge in [-0.2, -0.15) is 0 Å². The van der Waals surface area contributed by atoms with Gasteiger partial charge in [-0.15, -0.1) is 0 Å². The molecule has 4 heteroatoms. The van der Waals surface area contributed by atoms with Gasteiger partial charge in [0.15, 0.2) is 0 Å². The van der Waals surface area contributed by atoms with Crippen LogP contribution in [0, 0.1) is 0 Å². The van der Waals surface area contributed by atoms with Crippen molar-refractivity contribution in [3.63, 3.8) is 0 Å². The van der Waals surface area contributed by atoms with Crippen LogP contribution in [0.15, 0.2) is 23.7 Å². The number of carbonyl (C=O) groups excluding carboxylic acids is 1. The van der Waals surface area contributed by atoms with Crippen LogP contribution < -0.4 is 0 Å². The molecule has 0 atom stereocenters. The first kappa shape index (κ1) is 8.64. The predicted molar refractivity (Wildman–Crippen MR) is 40.9 cm³/mol. The zero-order chi connectivity index (χ0) is 8.97. The van der Waals surface area contributed by atoms with Crippen LogP contribution in [-0.4, -0.2) is 19.9 Å². The zero-order valence-electron chi connectivity index (χ0n) is 6.99. The van der Waals surface area contributed by atoms with E-state index in [2.05, 4.69) is 4.74 Å². The number of allylic oxidation sites excluding steroid dienone is 2. The standard InChI is InChI=1S/C8H10O4/c1-6-3-7(8(9)10-2)12-5-11-4-6/h3-4H,5H2,1-2H3. The summed E-state index contributed by atoms with van der Waals surface area (Å²) < 4.78 is 14.3. The molecule has 0 fully saturated rings. The first-order valence-corrected chi connectivity index (χ1v) is 3.45. The van der Waals surface area contributed by atoms with Crippen molar-refractivity contribution < 1.29 is 19.0 Å². The summed E-state index contributed by atoms with van der Waals surface area (Å²) in [6.07, 6.45) is 3.09. The molecule has 0 aromatic heterocycles.